The monoisotopic (exact) mass is 394 g/mol. The first-order chi connectivity index (χ1) is 13.9. The van der Waals surface area contributed by atoms with E-state index in [2.05, 4.69) is 11.4 Å². The topological polar surface area (TPSA) is 85.9 Å². The summed E-state index contributed by atoms with van der Waals surface area (Å²) in [7, 11) is 3.58. The van der Waals surface area contributed by atoms with E-state index in [1.807, 2.05) is 44.3 Å². The molecular weight excluding hydrogens is 370 g/mol. The van der Waals surface area contributed by atoms with Gasteiger partial charge < -0.3 is 15.0 Å². The summed E-state index contributed by atoms with van der Waals surface area (Å²) in [5.74, 6) is 0.551. The number of amides is 1. The minimum absolute atomic E-state index is 0.115. The van der Waals surface area contributed by atoms with Gasteiger partial charge in [-0.3, -0.25) is 14.9 Å². The second-order valence-corrected chi connectivity index (χ2v) is 7.06. The number of carbonyl (C=O) groups excluding carboxylic acids is 1. The first kappa shape index (κ1) is 20.3. The van der Waals surface area contributed by atoms with E-state index in [0.717, 1.165) is 27.0 Å². The molecule has 0 aliphatic carbocycles. The van der Waals surface area contributed by atoms with Gasteiger partial charge in [-0.15, -0.1) is 0 Å². The Bertz CT molecular complexity index is 1050. The Labute approximate surface area is 169 Å². The number of carbonyl (C=O) groups is 1. The van der Waals surface area contributed by atoms with Crippen molar-refractivity contribution in [2.75, 3.05) is 19.5 Å². The molecule has 0 saturated carbocycles. The molecule has 0 aromatic heterocycles. The van der Waals surface area contributed by atoms with Crippen LogP contribution in [0.25, 0.3) is 10.8 Å². The fourth-order valence-electron chi connectivity index (χ4n) is 3.19. The van der Waals surface area contributed by atoms with Crippen molar-refractivity contribution in [3.8, 4) is 5.75 Å². The van der Waals surface area contributed by atoms with E-state index in [1.165, 1.54) is 12.1 Å². The second kappa shape index (κ2) is 8.70. The van der Waals surface area contributed by atoms with Crippen molar-refractivity contribution < 1.29 is 19.4 Å². The summed E-state index contributed by atoms with van der Waals surface area (Å²) in [6.45, 7) is 2.46. The molecule has 7 nitrogen and oxygen atoms in total. The molecule has 150 valence electrons. The zero-order valence-corrected chi connectivity index (χ0v) is 16.6. The van der Waals surface area contributed by atoms with E-state index < -0.39 is 4.92 Å². The normalized spacial score (nSPS) is 12.9. The summed E-state index contributed by atoms with van der Waals surface area (Å²) in [5.41, 5.74) is 1.20. The molecule has 0 aliphatic heterocycles. The maximum Gasteiger partial charge on any atom is 0.292 e. The predicted octanol–water partition coefficient (Wildman–Crippen LogP) is 2.80. The van der Waals surface area contributed by atoms with Crippen molar-refractivity contribution in [1.29, 1.82) is 0 Å². The molecule has 3 aromatic carbocycles. The lowest BCUT2D eigenvalue weighted by Gasteiger charge is -2.21. The molecule has 29 heavy (non-hydrogen) atoms. The lowest BCUT2D eigenvalue weighted by molar-refractivity contribution is -0.907. The number of quaternary nitrogens is 1. The fraction of sp³-hybridized carbons (Fsp3) is 0.227. The van der Waals surface area contributed by atoms with Crippen LogP contribution < -0.4 is 15.0 Å². The molecule has 1 amide bonds. The zero-order valence-electron chi connectivity index (χ0n) is 16.6. The molecule has 3 aromatic rings. The maximum absolute atomic E-state index is 12.6. The SMILES string of the molecule is COc1ccc2cc(C[NH+](C)[C@H](C)C(=O)Nc3ccccc3[N+](=O)[O-])ccc2c1. The Morgan fingerprint density at radius 3 is 2.55 bits per heavy atom. The summed E-state index contributed by atoms with van der Waals surface area (Å²) in [4.78, 5) is 24.3. The minimum Gasteiger partial charge on any atom is -0.497 e. The lowest BCUT2D eigenvalue weighted by Crippen LogP contribution is -3.12. The molecule has 0 radical (unpaired) electrons. The van der Waals surface area contributed by atoms with E-state index in [9.17, 15) is 14.9 Å². The number of rotatable bonds is 7. The van der Waals surface area contributed by atoms with Crippen LogP contribution in [0.3, 0.4) is 0 Å². The van der Waals surface area contributed by atoms with E-state index in [1.54, 1.807) is 19.2 Å². The average Bonchev–Trinajstić information content (AvgIpc) is 2.72. The minimum atomic E-state index is -0.499. The van der Waals surface area contributed by atoms with Crippen molar-refractivity contribution in [3.05, 3.63) is 76.3 Å². The number of para-hydroxylation sites is 2. The zero-order chi connectivity index (χ0) is 21.0. The number of nitro groups is 1. The van der Waals surface area contributed by atoms with Gasteiger partial charge in [-0.25, -0.2) is 0 Å². The molecule has 0 aliphatic rings. The van der Waals surface area contributed by atoms with Gasteiger partial charge in [-0.2, -0.15) is 0 Å². The van der Waals surface area contributed by atoms with Crippen LogP contribution in [0.5, 0.6) is 5.75 Å². The van der Waals surface area contributed by atoms with Crippen LogP contribution in [-0.4, -0.2) is 31.0 Å². The molecule has 0 heterocycles. The quantitative estimate of drug-likeness (QED) is 0.477. The summed E-state index contributed by atoms with van der Waals surface area (Å²) in [5, 5.41) is 16.0. The van der Waals surface area contributed by atoms with Gasteiger partial charge in [0, 0.05) is 11.6 Å². The molecule has 1 unspecified atom stereocenters. The highest BCUT2D eigenvalue weighted by Crippen LogP contribution is 2.23. The van der Waals surface area contributed by atoms with E-state index >= 15 is 0 Å². The van der Waals surface area contributed by atoms with Gasteiger partial charge >= 0.3 is 0 Å². The van der Waals surface area contributed by atoms with Crippen molar-refractivity contribution in [3.63, 3.8) is 0 Å². The van der Waals surface area contributed by atoms with Crippen LogP contribution in [0.1, 0.15) is 12.5 Å². The third-order valence-electron chi connectivity index (χ3n) is 5.09. The number of nitrogens with zero attached hydrogens (tertiary/aromatic N) is 1. The van der Waals surface area contributed by atoms with Gasteiger partial charge in [-0.05, 0) is 42.0 Å². The van der Waals surface area contributed by atoms with Crippen LogP contribution in [-0.2, 0) is 11.3 Å². The third kappa shape index (κ3) is 4.70. The highest BCUT2D eigenvalue weighted by molar-refractivity contribution is 5.95. The number of nitro benzene ring substituents is 1. The van der Waals surface area contributed by atoms with Gasteiger partial charge in [0.05, 0.1) is 19.1 Å². The first-order valence-electron chi connectivity index (χ1n) is 9.32. The molecule has 0 fully saturated rings. The molecule has 2 atom stereocenters. The number of hydrogen-bond donors (Lipinski definition) is 2. The standard InChI is InChI=1S/C22H23N3O4/c1-15(22(26)23-20-6-4-5-7-21(20)25(27)28)24(2)14-16-8-9-18-13-19(29-3)11-10-17(18)12-16/h4-13,15H,14H2,1-3H3,(H,23,26)/p+1/t15-/m1/s1. The van der Waals surface area contributed by atoms with Gasteiger partial charge in [0.25, 0.3) is 11.6 Å². The largest absolute Gasteiger partial charge is 0.497 e. The number of anilines is 1. The molecule has 0 saturated heterocycles. The van der Waals surface area contributed by atoms with Crippen LogP contribution >= 0.6 is 0 Å². The Balaban J connectivity index is 1.70. The highest BCUT2D eigenvalue weighted by Gasteiger charge is 2.24. The number of methoxy groups -OCH3 is 1. The van der Waals surface area contributed by atoms with Crippen molar-refractivity contribution in [2.24, 2.45) is 0 Å². The number of fused-ring (bicyclic) bond motifs is 1. The van der Waals surface area contributed by atoms with Crippen LogP contribution in [0.15, 0.2) is 60.7 Å². The number of benzene rings is 3. The summed E-state index contributed by atoms with van der Waals surface area (Å²) >= 11 is 0. The molecular formula is C22H24N3O4+. The number of likely N-dealkylation sites (N-methyl/N-ethyl adjacent to an activating group) is 1. The highest BCUT2D eigenvalue weighted by atomic mass is 16.6. The number of nitrogens with one attached hydrogen (secondary N) is 2. The lowest BCUT2D eigenvalue weighted by atomic mass is 10.1. The van der Waals surface area contributed by atoms with Crippen molar-refractivity contribution >= 4 is 28.1 Å². The van der Waals surface area contributed by atoms with Gasteiger partial charge in [0.1, 0.15) is 18.0 Å². The Kier molecular flexibility index (Phi) is 6.09. The molecule has 2 N–H and O–H groups in total. The van der Waals surface area contributed by atoms with Crippen molar-refractivity contribution in [2.45, 2.75) is 19.5 Å². The van der Waals surface area contributed by atoms with E-state index in [-0.39, 0.29) is 23.3 Å². The Morgan fingerprint density at radius 2 is 1.83 bits per heavy atom. The van der Waals surface area contributed by atoms with Gasteiger partial charge in [-0.1, -0.05) is 30.3 Å². The summed E-state index contributed by atoms with van der Waals surface area (Å²) < 4.78 is 5.26. The van der Waals surface area contributed by atoms with Gasteiger partial charge in [0.2, 0.25) is 0 Å². The molecule has 3 rings (SSSR count). The third-order valence-corrected chi connectivity index (χ3v) is 5.09. The van der Waals surface area contributed by atoms with Crippen molar-refractivity contribution in [1.82, 2.24) is 0 Å². The first-order valence-corrected chi connectivity index (χ1v) is 9.32. The second-order valence-electron chi connectivity index (χ2n) is 7.06. The van der Waals surface area contributed by atoms with E-state index in [4.69, 9.17) is 4.74 Å². The van der Waals surface area contributed by atoms with Gasteiger partial charge in [0.15, 0.2) is 6.04 Å². The molecule has 0 bridgehead atoms. The fourth-order valence-corrected chi connectivity index (χ4v) is 3.19. The smallest absolute Gasteiger partial charge is 0.292 e. The Morgan fingerprint density at radius 1 is 1.14 bits per heavy atom. The summed E-state index contributed by atoms with van der Waals surface area (Å²) in [6.07, 6.45) is 0. The number of ether oxygens (including phenoxy) is 1. The van der Waals surface area contributed by atoms with Crippen LogP contribution in [0.4, 0.5) is 11.4 Å². The average molecular weight is 394 g/mol. The van der Waals surface area contributed by atoms with Crippen LogP contribution in [0.2, 0.25) is 0 Å². The molecule has 7 heteroatoms. The Hall–Kier alpha value is -3.45. The summed E-state index contributed by atoms with van der Waals surface area (Å²) in [6, 6.07) is 17.9. The predicted molar refractivity (Wildman–Crippen MR) is 112 cm³/mol. The van der Waals surface area contributed by atoms with Crippen LogP contribution in [0, 0.1) is 10.1 Å². The number of hydrogen-bond acceptors (Lipinski definition) is 4. The van der Waals surface area contributed by atoms with E-state index in [0.29, 0.717) is 6.54 Å². The molecule has 0 spiro atoms. The maximum atomic E-state index is 12.6.